The number of nitrogens with zero attached hydrogens (tertiary/aromatic N) is 4. The summed E-state index contributed by atoms with van der Waals surface area (Å²) in [7, 11) is 0. The van der Waals surface area contributed by atoms with Crippen molar-refractivity contribution >= 4 is 23.1 Å². The second-order valence-electron chi connectivity index (χ2n) is 10.6. The SMILES string of the molecule is CC(C)(C)NC(=O)OCc1ccc(-n2c(=O)[nH]c3c(N(Cc4ccccc4)Cc4ccccc4)ncnc32)cc1. The standard InChI is InChI=1S/C31H32N6O3/c1-31(2,3)35-30(39)40-20-24-14-16-25(17-15-24)37-28-26(34-29(37)38)27(32-21-33-28)36(18-22-10-6-4-7-11-22)19-23-12-8-5-9-13-23/h4-17,21H,18-20H2,1-3H3,(H,34,38)(H,35,39). The van der Waals surface area contributed by atoms with Crippen molar-refractivity contribution in [3.63, 3.8) is 0 Å². The summed E-state index contributed by atoms with van der Waals surface area (Å²) in [6.07, 6.45) is 1.00. The molecule has 5 rings (SSSR count). The third-order valence-electron chi connectivity index (χ3n) is 6.23. The molecule has 0 aliphatic heterocycles. The predicted molar refractivity (Wildman–Crippen MR) is 155 cm³/mol. The van der Waals surface area contributed by atoms with Crippen molar-refractivity contribution < 1.29 is 9.53 Å². The number of rotatable bonds is 8. The first-order valence-electron chi connectivity index (χ1n) is 13.1. The topological polar surface area (TPSA) is 105 Å². The number of nitrogens with one attached hydrogen (secondary N) is 2. The van der Waals surface area contributed by atoms with E-state index in [0.29, 0.717) is 35.8 Å². The Balaban J connectivity index is 1.44. The molecule has 2 aromatic heterocycles. The van der Waals surface area contributed by atoms with E-state index in [1.807, 2.05) is 81.4 Å². The van der Waals surface area contributed by atoms with Crippen molar-refractivity contribution in [2.45, 2.75) is 46.0 Å². The first kappa shape index (κ1) is 26.7. The fourth-order valence-electron chi connectivity index (χ4n) is 4.43. The smallest absolute Gasteiger partial charge is 0.407 e. The van der Waals surface area contributed by atoms with Gasteiger partial charge in [-0.05, 0) is 49.6 Å². The van der Waals surface area contributed by atoms with Crippen molar-refractivity contribution in [3.05, 3.63) is 118 Å². The van der Waals surface area contributed by atoms with E-state index in [-0.39, 0.29) is 17.8 Å². The van der Waals surface area contributed by atoms with Gasteiger partial charge in [-0.3, -0.25) is 0 Å². The molecule has 40 heavy (non-hydrogen) atoms. The first-order chi connectivity index (χ1) is 19.3. The van der Waals surface area contributed by atoms with E-state index < -0.39 is 6.09 Å². The number of hydrogen-bond donors (Lipinski definition) is 2. The number of imidazole rings is 1. The summed E-state index contributed by atoms with van der Waals surface area (Å²) in [4.78, 5) is 39.4. The van der Waals surface area contributed by atoms with Gasteiger partial charge in [0.1, 0.15) is 18.5 Å². The maximum Gasteiger partial charge on any atom is 0.407 e. The minimum atomic E-state index is -0.482. The summed E-state index contributed by atoms with van der Waals surface area (Å²) < 4.78 is 6.85. The van der Waals surface area contributed by atoms with Gasteiger partial charge in [0.15, 0.2) is 11.5 Å². The van der Waals surface area contributed by atoms with Crippen LogP contribution >= 0.6 is 0 Å². The van der Waals surface area contributed by atoms with Crippen LogP contribution in [0.1, 0.15) is 37.5 Å². The number of benzene rings is 3. The fourth-order valence-corrected chi connectivity index (χ4v) is 4.43. The number of ether oxygens (including phenoxy) is 1. The van der Waals surface area contributed by atoms with E-state index in [9.17, 15) is 9.59 Å². The fraction of sp³-hybridized carbons (Fsp3) is 0.226. The van der Waals surface area contributed by atoms with E-state index in [2.05, 4.69) is 49.4 Å². The lowest BCUT2D eigenvalue weighted by molar-refractivity contribution is 0.131. The molecule has 0 spiro atoms. The highest BCUT2D eigenvalue weighted by Crippen LogP contribution is 2.25. The molecular formula is C31H32N6O3. The molecule has 0 bridgehead atoms. The van der Waals surface area contributed by atoms with Gasteiger partial charge in [0.2, 0.25) is 0 Å². The molecule has 0 unspecified atom stereocenters. The van der Waals surface area contributed by atoms with E-state index in [1.165, 1.54) is 10.9 Å². The quantitative estimate of drug-likeness (QED) is 0.277. The lowest BCUT2D eigenvalue weighted by Crippen LogP contribution is -2.40. The average Bonchev–Trinajstić information content (AvgIpc) is 3.28. The zero-order chi connectivity index (χ0) is 28.1. The molecule has 0 aliphatic carbocycles. The molecule has 2 heterocycles. The molecule has 0 atom stereocenters. The van der Waals surface area contributed by atoms with Crippen LogP contribution < -0.4 is 15.9 Å². The van der Waals surface area contributed by atoms with Crippen LogP contribution in [-0.2, 0) is 24.4 Å². The Kier molecular flexibility index (Phi) is 7.63. The van der Waals surface area contributed by atoms with Crippen LogP contribution in [0.3, 0.4) is 0 Å². The van der Waals surface area contributed by atoms with Crippen LogP contribution in [0.4, 0.5) is 10.6 Å². The third-order valence-corrected chi connectivity index (χ3v) is 6.23. The molecule has 9 nitrogen and oxygen atoms in total. The minimum Gasteiger partial charge on any atom is -0.445 e. The molecular weight excluding hydrogens is 504 g/mol. The minimum absolute atomic E-state index is 0.116. The van der Waals surface area contributed by atoms with Crippen molar-refractivity contribution in [3.8, 4) is 5.69 Å². The number of aromatic amines is 1. The Bertz CT molecular complexity index is 1600. The highest BCUT2D eigenvalue weighted by atomic mass is 16.5. The van der Waals surface area contributed by atoms with Crippen molar-refractivity contribution in [2.75, 3.05) is 4.90 Å². The summed E-state index contributed by atoms with van der Waals surface area (Å²) in [6.45, 7) is 6.99. The Morgan fingerprint density at radius 1 is 0.875 bits per heavy atom. The third kappa shape index (κ3) is 6.37. The molecule has 3 aromatic carbocycles. The monoisotopic (exact) mass is 536 g/mol. The second kappa shape index (κ2) is 11.4. The summed E-state index contributed by atoms with van der Waals surface area (Å²) in [5.41, 5.74) is 4.04. The summed E-state index contributed by atoms with van der Waals surface area (Å²) >= 11 is 0. The Hall–Kier alpha value is -4.92. The lowest BCUT2D eigenvalue weighted by atomic mass is 10.1. The maximum atomic E-state index is 13.2. The molecule has 0 saturated carbocycles. The molecule has 5 aromatic rings. The molecule has 0 aliphatic rings. The van der Waals surface area contributed by atoms with Crippen LogP contribution in [-0.4, -0.2) is 31.2 Å². The molecule has 204 valence electrons. The predicted octanol–water partition coefficient (Wildman–Crippen LogP) is 5.34. The number of carbonyl (C=O) groups is 1. The molecule has 2 N–H and O–H groups in total. The number of H-pyrrole nitrogens is 1. The zero-order valence-electron chi connectivity index (χ0n) is 22.8. The summed E-state index contributed by atoms with van der Waals surface area (Å²) in [5.74, 6) is 0.642. The van der Waals surface area contributed by atoms with Crippen LogP contribution in [0, 0.1) is 0 Å². The van der Waals surface area contributed by atoms with Crippen LogP contribution in [0.25, 0.3) is 16.9 Å². The van der Waals surface area contributed by atoms with Crippen molar-refractivity contribution in [2.24, 2.45) is 0 Å². The van der Waals surface area contributed by atoms with E-state index >= 15 is 0 Å². The van der Waals surface area contributed by atoms with Crippen molar-refractivity contribution in [1.82, 2.24) is 24.8 Å². The van der Waals surface area contributed by atoms with Gasteiger partial charge in [-0.15, -0.1) is 0 Å². The Morgan fingerprint density at radius 2 is 1.48 bits per heavy atom. The number of aromatic nitrogens is 4. The first-order valence-corrected chi connectivity index (χ1v) is 13.1. The molecule has 0 radical (unpaired) electrons. The molecule has 0 saturated heterocycles. The van der Waals surface area contributed by atoms with Gasteiger partial charge in [-0.25, -0.2) is 24.1 Å². The van der Waals surface area contributed by atoms with Gasteiger partial charge in [-0.2, -0.15) is 0 Å². The van der Waals surface area contributed by atoms with Crippen LogP contribution in [0.15, 0.2) is 96.1 Å². The van der Waals surface area contributed by atoms with Gasteiger partial charge in [-0.1, -0.05) is 72.8 Å². The second-order valence-corrected chi connectivity index (χ2v) is 10.6. The van der Waals surface area contributed by atoms with Gasteiger partial charge in [0, 0.05) is 18.6 Å². The highest BCUT2D eigenvalue weighted by molar-refractivity contribution is 5.84. The molecule has 1 amide bonds. The van der Waals surface area contributed by atoms with Gasteiger partial charge in [0.05, 0.1) is 5.69 Å². The number of alkyl carbamates (subject to hydrolysis) is 1. The number of fused-ring (bicyclic) bond motifs is 1. The Labute approximate surface area is 232 Å². The maximum absolute atomic E-state index is 13.2. The lowest BCUT2D eigenvalue weighted by Gasteiger charge is -2.24. The van der Waals surface area contributed by atoms with E-state index in [4.69, 9.17) is 4.74 Å². The van der Waals surface area contributed by atoms with Crippen molar-refractivity contribution in [1.29, 1.82) is 0 Å². The van der Waals surface area contributed by atoms with Crippen LogP contribution in [0.5, 0.6) is 0 Å². The van der Waals surface area contributed by atoms with Gasteiger partial charge in [0.25, 0.3) is 0 Å². The number of anilines is 1. The average molecular weight is 537 g/mol. The number of hydrogen-bond acceptors (Lipinski definition) is 6. The summed E-state index contributed by atoms with van der Waals surface area (Å²) in [5, 5.41) is 2.77. The van der Waals surface area contributed by atoms with E-state index in [0.717, 1.165) is 16.7 Å². The molecule has 9 heteroatoms. The van der Waals surface area contributed by atoms with Gasteiger partial charge >= 0.3 is 11.8 Å². The zero-order valence-corrected chi connectivity index (χ0v) is 22.8. The highest BCUT2D eigenvalue weighted by Gasteiger charge is 2.20. The number of amides is 1. The van der Waals surface area contributed by atoms with Gasteiger partial charge < -0.3 is 19.9 Å². The van der Waals surface area contributed by atoms with Crippen LogP contribution in [0.2, 0.25) is 0 Å². The number of carbonyl (C=O) groups excluding carboxylic acids is 1. The Morgan fingerprint density at radius 3 is 2.05 bits per heavy atom. The normalized spacial score (nSPS) is 11.4. The summed E-state index contributed by atoms with van der Waals surface area (Å²) in [6, 6.07) is 27.6. The molecule has 0 fully saturated rings. The van der Waals surface area contributed by atoms with E-state index in [1.54, 1.807) is 0 Å². The largest absolute Gasteiger partial charge is 0.445 e.